The van der Waals surface area contributed by atoms with Crippen molar-refractivity contribution in [1.82, 2.24) is 30.7 Å². The van der Waals surface area contributed by atoms with Gasteiger partial charge in [0.25, 0.3) is 11.8 Å². The summed E-state index contributed by atoms with van der Waals surface area (Å²) < 4.78 is 6.03. The number of phenols is 1. The number of aliphatic hydroxyl groups excluding tert-OH is 1. The van der Waals surface area contributed by atoms with E-state index in [1.54, 1.807) is 40.9 Å². The number of carbonyl (C=O) groups is 5. The molecule has 0 radical (unpaired) electrons. The summed E-state index contributed by atoms with van der Waals surface area (Å²) in [6.45, 7) is 10.6. The number of ether oxygens (including phenoxy) is 1. The Hall–Kier alpha value is -7.62. The number of aromatic hydroxyl groups is 1. The number of likely N-dealkylation sites (N-methyl/N-ethyl adjacent to an activating group) is 1. The van der Waals surface area contributed by atoms with Gasteiger partial charge in [0.05, 0.1) is 28.7 Å². The van der Waals surface area contributed by atoms with Crippen LogP contribution < -0.4 is 20.7 Å². The summed E-state index contributed by atoms with van der Waals surface area (Å²) in [5.41, 5.74) is 9.84. The second-order valence-electron chi connectivity index (χ2n) is 19.6. The molecule has 386 valence electrons. The van der Waals surface area contributed by atoms with Crippen LogP contribution in [-0.4, -0.2) is 106 Å². The lowest BCUT2D eigenvalue weighted by Gasteiger charge is -2.35. The number of carbonyl (C=O) groups excluding carboxylic acids is 5. The average Bonchev–Trinajstić information content (AvgIpc) is 4.02. The lowest BCUT2D eigenvalue weighted by molar-refractivity contribution is -0.142. The van der Waals surface area contributed by atoms with Gasteiger partial charge in [0.15, 0.2) is 0 Å². The number of hydrogen-bond donors (Lipinski definition) is 5. The first kappa shape index (κ1) is 54.2. The normalized spacial score (nSPS) is 15.1. The molecule has 74 heavy (non-hydrogen) atoms. The van der Waals surface area contributed by atoms with Crippen LogP contribution in [-0.2, 0) is 20.9 Å². The number of benzene rings is 5. The molecule has 6 aromatic rings. The first-order valence-electron chi connectivity index (χ1n) is 25.0. The van der Waals surface area contributed by atoms with E-state index in [4.69, 9.17) is 4.74 Å². The van der Waals surface area contributed by atoms with Crippen LogP contribution in [0.25, 0.3) is 21.6 Å². The number of phenolic OH excluding ortho intramolecular Hbond substituents is 1. The van der Waals surface area contributed by atoms with Crippen LogP contribution in [0.5, 0.6) is 11.5 Å². The Kier molecular flexibility index (Phi) is 18.2. The molecule has 0 aliphatic carbocycles. The van der Waals surface area contributed by atoms with E-state index in [9.17, 15) is 34.2 Å². The summed E-state index contributed by atoms with van der Waals surface area (Å²) in [4.78, 5) is 75.7. The van der Waals surface area contributed by atoms with Gasteiger partial charge in [-0.1, -0.05) is 107 Å². The van der Waals surface area contributed by atoms with Gasteiger partial charge in [-0.25, -0.2) is 4.98 Å². The molecular weight excluding hydrogens is 953 g/mol. The summed E-state index contributed by atoms with van der Waals surface area (Å²) in [5.74, 6) is -0.990. The number of likely N-dealkylation sites (tertiary alicyclic amines) is 1. The number of aryl methyl sites for hydroxylation is 1. The van der Waals surface area contributed by atoms with Crippen molar-refractivity contribution in [3.8, 4) is 21.9 Å². The Bertz CT molecular complexity index is 2910. The number of nitrogens with zero attached hydrogens (tertiary/aromatic N) is 3. The molecular formula is C59H66N6O8S. The van der Waals surface area contributed by atoms with Crippen molar-refractivity contribution >= 4 is 52.0 Å². The van der Waals surface area contributed by atoms with E-state index < -0.39 is 41.3 Å². The molecule has 5 N–H and O–H groups in total. The van der Waals surface area contributed by atoms with Crippen molar-refractivity contribution in [3.63, 3.8) is 0 Å². The molecule has 1 aliphatic rings. The number of hydrogen-bond acceptors (Lipinski definition) is 10. The highest BCUT2D eigenvalue weighted by atomic mass is 32.1. The van der Waals surface area contributed by atoms with E-state index in [0.717, 1.165) is 50.4 Å². The van der Waals surface area contributed by atoms with Crippen molar-refractivity contribution in [2.24, 2.45) is 5.41 Å². The highest BCUT2D eigenvalue weighted by Gasteiger charge is 2.44. The highest BCUT2D eigenvalue weighted by molar-refractivity contribution is 7.13. The van der Waals surface area contributed by atoms with Gasteiger partial charge >= 0.3 is 0 Å². The third-order valence-electron chi connectivity index (χ3n) is 13.1. The Morgan fingerprint density at radius 3 is 2.04 bits per heavy atom. The summed E-state index contributed by atoms with van der Waals surface area (Å²) in [5, 5.41) is 29.2. The molecule has 2 heterocycles. The summed E-state index contributed by atoms with van der Waals surface area (Å²) in [6, 6.07) is 37.3. The molecule has 7 rings (SSSR count). The molecule has 5 amide bonds. The number of amides is 5. The number of nitrogens with one attached hydrogen (secondary N) is 3. The van der Waals surface area contributed by atoms with E-state index in [2.05, 4.69) is 40.0 Å². The summed E-state index contributed by atoms with van der Waals surface area (Å²) >= 11 is 1.56. The van der Waals surface area contributed by atoms with E-state index in [1.165, 1.54) is 34.7 Å². The van der Waals surface area contributed by atoms with Crippen LogP contribution in [0, 0.1) is 12.3 Å². The maximum Gasteiger partial charge on any atom is 0.251 e. The molecule has 3 atom stereocenters. The SMILES string of the molecule is CC/C(=C(\c1ccc(O)cc1)c1ccc(OCCN(C)C(=O)CCCNC(=O)c2ccc(C(=O)NC(C(=O)N3C[C@H](O)C[C@H]3C(=O)NCc3ccc(-c4scnc4C)cc3)C(C)(C)C)cc2)cc1)c1ccccc1. The maximum atomic E-state index is 14.2. The predicted molar refractivity (Wildman–Crippen MR) is 289 cm³/mol. The van der Waals surface area contributed by atoms with Gasteiger partial charge in [-0.15, -0.1) is 11.3 Å². The number of allylic oxidation sites excluding steroid dienone is 1. The molecule has 5 aromatic carbocycles. The second kappa shape index (κ2) is 24.9. The fourth-order valence-corrected chi connectivity index (χ4v) is 9.76. The first-order valence-corrected chi connectivity index (χ1v) is 25.9. The summed E-state index contributed by atoms with van der Waals surface area (Å²) in [7, 11) is 1.72. The van der Waals surface area contributed by atoms with E-state index in [0.29, 0.717) is 30.9 Å². The summed E-state index contributed by atoms with van der Waals surface area (Å²) in [6.07, 6.45) is 0.596. The average molecular weight is 1020 g/mol. The number of aliphatic hydroxyl groups is 1. The minimum atomic E-state index is -1.04. The zero-order valence-corrected chi connectivity index (χ0v) is 43.7. The van der Waals surface area contributed by atoms with Gasteiger partial charge in [-0.2, -0.15) is 0 Å². The molecule has 0 saturated carbocycles. The minimum Gasteiger partial charge on any atom is -0.508 e. The third-order valence-corrected chi connectivity index (χ3v) is 14.1. The smallest absolute Gasteiger partial charge is 0.251 e. The van der Waals surface area contributed by atoms with Crippen molar-refractivity contribution in [3.05, 3.63) is 172 Å². The molecule has 1 aliphatic heterocycles. The lowest BCUT2D eigenvalue weighted by atomic mass is 9.85. The van der Waals surface area contributed by atoms with Crippen LogP contribution in [0.3, 0.4) is 0 Å². The molecule has 1 unspecified atom stereocenters. The van der Waals surface area contributed by atoms with Crippen LogP contribution in [0.1, 0.15) is 102 Å². The van der Waals surface area contributed by atoms with E-state index in [1.807, 2.05) is 107 Å². The second-order valence-corrected chi connectivity index (χ2v) is 20.4. The number of thiazole rings is 1. The first-order chi connectivity index (χ1) is 35.5. The molecule has 14 nitrogen and oxygen atoms in total. The largest absolute Gasteiger partial charge is 0.508 e. The van der Waals surface area contributed by atoms with Gasteiger partial charge < -0.3 is 40.7 Å². The Balaban J connectivity index is 0.846. The van der Waals surface area contributed by atoms with Crippen molar-refractivity contribution < 1.29 is 38.9 Å². The molecule has 1 aromatic heterocycles. The van der Waals surface area contributed by atoms with Crippen LogP contribution in [0.15, 0.2) is 133 Å². The number of aromatic nitrogens is 1. The van der Waals surface area contributed by atoms with Gasteiger partial charge in [-0.05, 0) is 113 Å². The van der Waals surface area contributed by atoms with E-state index in [-0.39, 0.29) is 55.6 Å². The van der Waals surface area contributed by atoms with Gasteiger partial charge in [0.2, 0.25) is 17.7 Å². The monoisotopic (exact) mass is 1020 g/mol. The molecule has 1 saturated heterocycles. The molecule has 1 fully saturated rings. The number of rotatable bonds is 20. The van der Waals surface area contributed by atoms with Gasteiger partial charge in [-0.3, -0.25) is 24.0 Å². The fraction of sp³-hybridized carbons (Fsp3) is 0.322. The van der Waals surface area contributed by atoms with Crippen LogP contribution >= 0.6 is 11.3 Å². The Labute approximate surface area is 437 Å². The third kappa shape index (κ3) is 13.9. The Morgan fingerprint density at radius 1 is 0.811 bits per heavy atom. The standard InChI is InChI=1S/C59H66N6O8S/c1-7-49(40-12-9-8-10-13-40)52(41-23-27-46(66)28-24-41)42-25-29-48(30-26-42)73-33-32-64(6)51(68)14-11-31-60-55(69)44-19-21-45(22-20-44)56(70)63-54(59(3,4)5)58(72)65-36-47(67)34-50(65)57(71)61-35-39-15-17-43(18-16-39)53-38(2)62-37-74-53/h8-10,12-13,15-30,37,47,50,54,66-67H,7,11,14,31-36H2,1-6H3,(H,60,69)(H,61,71)(H,63,70)/b52-49-/t47-,50+,54?/m1/s1. The molecule has 15 heteroatoms. The zero-order valence-electron chi connectivity index (χ0n) is 42.9. The Morgan fingerprint density at radius 2 is 1.43 bits per heavy atom. The quantitative estimate of drug-likeness (QED) is 0.0368. The molecule has 0 bridgehead atoms. The van der Waals surface area contributed by atoms with Crippen LogP contribution in [0.2, 0.25) is 0 Å². The van der Waals surface area contributed by atoms with E-state index >= 15 is 0 Å². The van der Waals surface area contributed by atoms with Gasteiger partial charge in [0, 0.05) is 50.7 Å². The molecule has 0 spiro atoms. The van der Waals surface area contributed by atoms with Crippen molar-refractivity contribution in [2.45, 2.75) is 85.0 Å². The van der Waals surface area contributed by atoms with Crippen molar-refractivity contribution in [1.29, 1.82) is 0 Å². The topological polar surface area (TPSA) is 190 Å². The predicted octanol–water partition coefficient (Wildman–Crippen LogP) is 8.66. The minimum absolute atomic E-state index is 0.0529. The zero-order chi connectivity index (χ0) is 52.9. The van der Waals surface area contributed by atoms with Crippen LogP contribution in [0.4, 0.5) is 0 Å². The lowest BCUT2D eigenvalue weighted by Crippen LogP contribution is -2.57. The highest BCUT2D eigenvalue weighted by Crippen LogP contribution is 2.36. The van der Waals surface area contributed by atoms with Crippen molar-refractivity contribution in [2.75, 3.05) is 33.3 Å². The number of β-amino-alcohol motifs (C(OH)–C–C–N with tert-alkyl or cyclic N) is 1. The van der Waals surface area contributed by atoms with Gasteiger partial charge in [0.1, 0.15) is 30.2 Å². The maximum absolute atomic E-state index is 14.2. The fourth-order valence-electron chi connectivity index (χ4n) is 8.95.